The van der Waals surface area contributed by atoms with E-state index in [1.807, 2.05) is 13.0 Å². The number of carboxylic acid groups (broad SMARTS) is 1. The summed E-state index contributed by atoms with van der Waals surface area (Å²) >= 11 is 0. The van der Waals surface area contributed by atoms with Crippen molar-refractivity contribution in [2.45, 2.75) is 89.4 Å². The molecule has 0 aliphatic carbocycles. The Kier molecular flexibility index (Phi) is 9.10. The molecule has 32 heavy (non-hydrogen) atoms. The molecule has 2 aromatic rings. The van der Waals surface area contributed by atoms with E-state index in [1.165, 1.54) is 6.07 Å². The third-order valence-electron chi connectivity index (χ3n) is 6.46. The molecule has 0 aromatic heterocycles. The molecule has 1 atom stereocenters. The van der Waals surface area contributed by atoms with Crippen molar-refractivity contribution < 1.29 is 22.9 Å². The highest BCUT2D eigenvalue weighted by atomic mass is 32.2. The van der Waals surface area contributed by atoms with Crippen molar-refractivity contribution in [2.24, 2.45) is 0 Å². The molecule has 0 bridgehead atoms. The Labute approximate surface area is 192 Å². The van der Waals surface area contributed by atoms with Gasteiger partial charge in [0.1, 0.15) is 0 Å². The van der Waals surface area contributed by atoms with Crippen LogP contribution in [0.4, 0.5) is 5.69 Å². The number of aryl methyl sites for hydroxylation is 1. The van der Waals surface area contributed by atoms with Crippen LogP contribution in [-0.2, 0) is 20.3 Å². The van der Waals surface area contributed by atoms with Gasteiger partial charge in [0.15, 0.2) is 0 Å². The number of carboxylic acids is 1. The minimum absolute atomic E-state index is 0.0885. The summed E-state index contributed by atoms with van der Waals surface area (Å²) < 4.78 is 33.6. The molecule has 0 saturated carbocycles. The molecule has 0 spiro atoms. The lowest BCUT2D eigenvalue weighted by Crippen LogP contribution is -2.24. The van der Waals surface area contributed by atoms with Gasteiger partial charge < -0.3 is 10.4 Å². The molecule has 0 amide bonds. The van der Waals surface area contributed by atoms with Crippen molar-refractivity contribution in [2.75, 3.05) is 11.9 Å². The van der Waals surface area contributed by atoms with Crippen LogP contribution in [0.25, 0.3) is 10.8 Å². The second-order valence-electron chi connectivity index (χ2n) is 8.95. The standard InChI is InChI=1S/C25H37NO5S/c1-5-7-15-26-22-13-12-20-18(3)16-19(32(29,30)31)17-21(20)24(22)25(4,6-2)14-10-8-9-11-23(27)28/h12-13,16-17,26H,5-11,14-15H2,1-4H3,(H,27,28)(H,29,30,31). The molecule has 7 heteroatoms. The second kappa shape index (κ2) is 11.1. The number of carbonyl (C=O) groups is 1. The molecule has 0 heterocycles. The zero-order valence-corrected chi connectivity index (χ0v) is 20.5. The van der Waals surface area contributed by atoms with E-state index in [4.69, 9.17) is 5.11 Å². The van der Waals surface area contributed by atoms with Crippen LogP contribution in [0.1, 0.15) is 83.3 Å². The minimum atomic E-state index is -4.33. The van der Waals surface area contributed by atoms with Crippen molar-refractivity contribution in [1.82, 2.24) is 0 Å². The predicted octanol–water partition coefficient (Wildman–Crippen LogP) is 6.31. The van der Waals surface area contributed by atoms with Gasteiger partial charge in [-0.15, -0.1) is 0 Å². The lowest BCUT2D eigenvalue weighted by molar-refractivity contribution is -0.137. The summed E-state index contributed by atoms with van der Waals surface area (Å²) in [5.41, 5.74) is 2.63. The number of benzene rings is 2. The highest BCUT2D eigenvalue weighted by Gasteiger charge is 2.30. The fraction of sp³-hybridized carbons (Fsp3) is 0.560. The van der Waals surface area contributed by atoms with Crippen LogP contribution in [0.5, 0.6) is 0 Å². The van der Waals surface area contributed by atoms with Crippen LogP contribution in [-0.4, -0.2) is 30.6 Å². The molecule has 0 aliphatic rings. The maximum atomic E-state index is 11.9. The van der Waals surface area contributed by atoms with E-state index in [9.17, 15) is 17.8 Å². The molecule has 0 aliphatic heterocycles. The fourth-order valence-corrected chi connectivity index (χ4v) is 4.97. The third kappa shape index (κ3) is 6.45. The summed E-state index contributed by atoms with van der Waals surface area (Å²) in [4.78, 5) is 10.7. The van der Waals surface area contributed by atoms with Crippen LogP contribution in [0.15, 0.2) is 29.2 Å². The molecule has 2 rings (SSSR count). The van der Waals surface area contributed by atoms with E-state index >= 15 is 0 Å². The Morgan fingerprint density at radius 2 is 1.78 bits per heavy atom. The number of aliphatic carboxylic acids is 1. The molecule has 3 N–H and O–H groups in total. The van der Waals surface area contributed by atoms with Gasteiger partial charge in [0.05, 0.1) is 4.90 Å². The molecule has 0 radical (unpaired) electrons. The average molecular weight is 464 g/mol. The van der Waals surface area contributed by atoms with Crippen molar-refractivity contribution in [1.29, 1.82) is 0 Å². The van der Waals surface area contributed by atoms with Crippen molar-refractivity contribution >= 4 is 32.5 Å². The number of nitrogens with one attached hydrogen (secondary N) is 1. The van der Waals surface area contributed by atoms with Gasteiger partial charge in [0, 0.05) is 18.7 Å². The third-order valence-corrected chi connectivity index (χ3v) is 7.29. The minimum Gasteiger partial charge on any atom is -0.481 e. The first-order valence-corrected chi connectivity index (χ1v) is 13.0. The van der Waals surface area contributed by atoms with Gasteiger partial charge in [-0.25, -0.2) is 0 Å². The first kappa shape index (κ1) is 26.1. The van der Waals surface area contributed by atoms with Gasteiger partial charge in [-0.3, -0.25) is 9.35 Å². The number of hydrogen-bond acceptors (Lipinski definition) is 4. The monoisotopic (exact) mass is 463 g/mol. The van der Waals surface area contributed by atoms with Crippen molar-refractivity contribution in [3.8, 4) is 0 Å². The Morgan fingerprint density at radius 1 is 1.06 bits per heavy atom. The van der Waals surface area contributed by atoms with Gasteiger partial charge >= 0.3 is 5.97 Å². The highest BCUT2D eigenvalue weighted by Crippen LogP contribution is 2.43. The SMILES string of the molecule is CCCCNc1ccc2c(C)cc(S(=O)(=O)O)cc2c1C(C)(CC)CCCCCC(=O)O. The summed E-state index contributed by atoms with van der Waals surface area (Å²) in [7, 11) is -4.33. The number of rotatable bonds is 13. The van der Waals surface area contributed by atoms with Crippen molar-refractivity contribution in [3.63, 3.8) is 0 Å². The van der Waals surface area contributed by atoms with E-state index in [1.54, 1.807) is 6.07 Å². The molecular formula is C25H37NO5S. The van der Waals surface area contributed by atoms with Crippen LogP contribution < -0.4 is 5.32 Å². The van der Waals surface area contributed by atoms with Crippen LogP contribution >= 0.6 is 0 Å². The number of hydrogen-bond donors (Lipinski definition) is 3. The predicted molar refractivity (Wildman–Crippen MR) is 130 cm³/mol. The van der Waals surface area contributed by atoms with Gasteiger partial charge in [-0.1, -0.05) is 46.1 Å². The van der Waals surface area contributed by atoms with E-state index in [0.717, 1.165) is 72.7 Å². The van der Waals surface area contributed by atoms with Crippen LogP contribution in [0.2, 0.25) is 0 Å². The Balaban J connectivity index is 2.59. The molecule has 1 unspecified atom stereocenters. The number of fused-ring (bicyclic) bond motifs is 1. The summed E-state index contributed by atoms with van der Waals surface area (Å²) in [5.74, 6) is -0.770. The van der Waals surface area contributed by atoms with Gasteiger partial charge in [0.2, 0.25) is 0 Å². The summed E-state index contributed by atoms with van der Waals surface area (Å²) in [6, 6.07) is 7.20. The first-order chi connectivity index (χ1) is 15.0. The maximum absolute atomic E-state index is 11.9. The Bertz CT molecular complexity index is 1050. The quantitative estimate of drug-likeness (QED) is 0.237. The van der Waals surface area contributed by atoms with Crippen molar-refractivity contribution in [3.05, 3.63) is 35.4 Å². The molecule has 178 valence electrons. The molecule has 0 fully saturated rings. The van der Waals surface area contributed by atoms with E-state index < -0.39 is 16.1 Å². The normalized spacial score (nSPS) is 13.8. The van der Waals surface area contributed by atoms with Crippen LogP contribution in [0.3, 0.4) is 0 Å². The maximum Gasteiger partial charge on any atom is 0.303 e. The molecular weight excluding hydrogens is 426 g/mol. The number of anilines is 1. The number of unbranched alkanes of at least 4 members (excludes halogenated alkanes) is 3. The van der Waals surface area contributed by atoms with E-state index in [2.05, 4.69) is 32.2 Å². The van der Waals surface area contributed by atoms with Gasteiger partial charge in [-0.05, 0) is 78.1 Å². The Morgan fingerprint density at radius 3 is 2.38 bits per heavy atom. The topological polar surface area (TPSA) is 104 Å². The summed E-state index contributed by atoms with van der Waals surface area (Å²) in [6.07, 6.45) is 6.36. The van der Waals surface area contributed by atoms with Gasteiger partial charge in [0.25, 0.3) is 10.1 Å². The molecule has 2 aromatic carbocycles. The summed E-state index contributed by atoms with van der Waals surface area (Å²) in [6.45, 7) is 9.15. The first-order valence-electron chi connectivity index (χ1n) is 11.5. The smallest absolute Gasteiger partial charge is 0.303 e. The summed E-state index contributed by atoms with van der Waals surface area (Å²) in [5, 5.41) is 14.3. The van der Waals surface area contributed by atoms with Gasteiger partial charge in [-0.2, -0.15) is 8.42 Å². The van der Waals surface area contributed by atoms with Crippen LogP contribution in [0, 0.1) is 6.92 Å². The van der Waals surface area contributed by atoms with E-state index in [-0.39, 0.29) is 16.7 Å². The zero-order chi connectivity index (χ0) is 23.9. The molecule has 6 nitrogen and oxygen atoms in total. The Hall–Kier alpha value is -2.12. The average Bonchev–Trinajstić information content (AvgIpc) is 2.72. The lowest BCUT2D eigenvalue weighted by Gasteiger charge is -2.33. The highest BCUT2D eigenvalue weighted by molar-refractivity contribution is 7.85. The van der Waals surface area contributed by atoms with E-state index in [0.29, 0.717) is 6.42 Å². The zero-order valence-electron chi connectivity index (χ0n) is 19.7. The lowest BCUT2D eigenvalue weighted by atomic mass is 9.73. The fourth-order valence-electron chi connectivity index (χ4n) is 4.38. The second-order valence-corrected chi connectivity index (χ2v) is 10.4. The largest absolute Gasteiger partial charge is 0.481 e. The molecule has 0 saturated heterocycles.